The third-order valence-corrected chi connectivity index (χ3v) is 8.19. The van der Waals surface area contributed by atoms with Crippen LogP contribution in [-0.4, -0.2) is 52.5 Å². The van der Waals surface area contributed by atoms with E-state index in [-0.39, 0.29) is 40.8 Å². The topological polar surface area (TPSA) is 129 Å². The van der Waals surface area contributed by atoms with E-state index < -0.39 is 66.7 Å². The van der Waals surface area contributed by atoms with Gasteiger partial charge in [0.25, 0.3) is 17.7 Å². The van der Waals surface area contributed by atoms with Gasteiger partial charge >= 0.3 is 6.09 Å². The highest BCUT2D eigenvalue weighted by molar-refractivity contribution is 6.32. The number of alkyl halides is 2. The Hall–Kier alpha value is -4.70. The van der Waals surface area contributed by atoms with Crippen LogP contribution in [0.3, 0.4) is 0 Å². The Balaban J connectivity index is 1.51. The van der Waals surface area contributed by atoms with Crippen molar-refractivity contribution >= 4 is 41.1 Å². The van der Waals surface area contributed by atoms with E-state index in [4.69, 9.17) is 16.3 Å². The number of carbonyl (C=O) groups excluding carboxylic acids is 3. The summed E-state index contributed by atoms with van der Waals surface area (Å²) in [6, 6.07) is 10.7. The van der Waals surface area contributed by atoms with Crippen molar-refractivity contribution in [3.63, 3.8) is 0 Å². The summed E-state index contributed by atoms with van der Waals surface area (Å²) >= 11 is 6.68. The maximum atomic E-state index is 14.7. The van der Waals surface area contributed by atoms with Gasteiger partial charge in [-0.1, -0.05) is 29.8 Å². The average Bonchev–Trinajstić information content (AvgIpc) is 3.54. The molecule has 43 heavy (non-hydrogen) atoms. The molecule has 220 valence electrons. The summed E-state index contributed by atoms with van der Waals surface area (Å²) in [7, 11) is 0. The standard InChI is InChI=1S/C29H22ClF3N6O4/c30-21-6-1-3-16-7-9-29(23(16)21,25(41)36-19-12-28(32,33)13-19)39(20-5-2-4-17(31)11-20)24(40)22-15-43-27(42)38(22)26-35-10-8-18(14-34)37-26/h1-6,8,10-11,19,22H,7,9,12-13,15H2,(H,36,41)/t22-,29+/m0/s1. The lowest BCUT2D eigenvalue weighted by molar-refractivity contribution is -0.137. The van der Waals surface area contributed by atoms with Crippen LogP contribution in [0.25, 0.3) is 0 Å². The van der Waals surface area contributed by atoms with Crippen LogP contribution >= 0.6 is 11.6 Å². The van der Waals surface area contributed by atoms with Crippen molar-refractivity contribution in [1.82, 2.24) is 15.3 Å². The van der Waals surface area contributed by atoms with E-state index in [0.717, 1.165) is 21.9 Å². The van der Waals surface area contributed by atoms with Crippen LogP contribution in [0, 0.1) is 17.1 Å². The minimum Gasteiger partial charge on any atom is -0.446 e. The van der Waals surface area contributed by atoms with E-state index >= 15 is 0 Å². The van der Waals surface area contributed by atoms with Crippen molar-refractivity contribution in [3.05, 3.63) is 82.4 Å². The highest BCUT2D eigenvalue weighted by Gasteiger charge is 2.58. The van der Waals surface area contributed by atoms with Gasteiger partial charge in [-0.15, -0.1) is 0 Å². The van der Waals surface area contributed by atoms with Crippen molar-refractivity contribution in [2.24, 2.45) is 0 Å². The summed E-state index contributed by atoms with van der Waals surface area (Å²) in [5.41, 5.74) is -1.15. The molecule has 2 atom stereocenters. The summed E-state index contributed by atoms with van der Waals surface area (Å²) in [5, 5.41) is 12.1. The molecule has 1 saturated carbocycles. The van der Waals surface area contributed by atoms with Gasteiger partial charge in [0, 0.05) is 41.4 Å². The zero-order valence-corrected chi connectivity index (χ0v) is 23.0. The van der Waals surface area contributed by atoms with Crippen LogP contribution in [0.1, 0.15) is 36.1 Å². The molecule has 0 radical (unpaired) electrons. The Kier molecular flexibility index (Phi) is 6.96. The summed E-state index contributed by atoms with van der Waals surface area (Å²) in [5.74, 6) is -5.60. The maximum absolute atomic E-state index is 14.7. The minimum atomic E-state index is -2.94. The minimum absolute atomic E-state index is 0.0226. The first-order valence-corrected chi connectivity index (χ1v) is 13.7. The molecule has 0 spiro atoms. The van der Waals surface area contributed by atoms with E-state index in [9.17, 15) is 32.8 Å². The van der Waals surface area contributed by atoms with Gasteiger partial charge in [0.15, 0.2) is 11.6 Å². The van der Waals surface area contributed by atoms with Crippen molar-refractivity contribution in [2.45, 2.75) is 49.2 Å². The quantitative estimate of drug-likeness (QED) is 0.442. The molecule has 6 rings (SSSR count). The number of nitrogens with zero attached hydrogens (tertiary/aromatic N) is 5. The molecule has 2 heterocycles. The van der Waals surface area contributed by atoms with E-state index in [0.29, 0.717) is 5.56 Å². The van der Waals surface area contributed by atoms with Crippen LogP contribution in [0.4, 0.5) is 29.6 Å². The highest BCUT2D eigenvalue weighted by atomic mass is 35.5. The second-order valence-electron chi connectivity index (χ2n) is 10.5. The van der Waals surface area contributed by atoms with Gasteiger partial charge in [-0.05, 0) is 48.7 Å². The third-order valence-electron chi connectivity index (χ3n) is 7.87. The van der Waals surface area contributed by atoms with Crippen LogP contribution < -0.4 is 15.1 Å². The van der Waals surface area contributed by atoms with E-state index in [2.05, 4.69) is 15.3 Å². The number of halogens is 4. The number of cyclic esters (lactones) is 1. The number of amides is 3. The van der Waals surface area contributed by atoms with Crippen LogP contribution in [0.2, 0.25) is 5.02 Å². The highest BCUT2D eigenvalue weighted by Crippen LogP contribution is 2.49. The zero-order valence-electron chi connectivity index (χ0n) is 22.3. The Morgan fingerprint density at radius 3 is 2.67 bits per heavy atom. The zero-order chi connectivity index (χ0) is 30.5. The van der Waals surface area contributed by atoms with Gasteiger partial charge in [-0.25, -0.2) is 32.8 Å². The number of hydrogen-bond donors (Lipinski definition) is 1. The van der Waals surface area contributed by atoms with E-state index in [1.165, 1.54) is 30.5 Å². The van der Waals surface area contributed by atoms with E-state index in [1.54, 1.807) is 12.1 Å². The third kappa shape index (κ3) is 4.81. The van der Waals surface area contributed by atoms with Crippen molar-refractivity contribution in [3.8, 4) is 6.07 Å². The average molecular weight is 611 g/mol. The Morgan fingerprint density at radius 2 is 1.95 bits per heavy atom. The molecule has 1 saturated heterocycles. The smallest absolute Gasteiger partial charge is 0.417 e. The molecule has 2 fully saturated rings. The van der Waals surface area contributed by atoms with Gasteiger partial charge in [0.05, 0.1) is 0 Å². The first-order valence-electron chi connectivity index (χ1n) is 13.3. The number of fused-ring (bicyclic) bond motifs is 1. The SMILES string of the molecule is N#Cc1ccnc(N2C(=O)OC[C@H]2C(=O)N(c2cccc(F)c2)[C@]2(C(=O)NC3CC(F)(F)C3)CCc3cccc(Cl)c32)n1. The molecule has 2 aliphatic carbocycles. The van der Waals surface area contributed by atoms with Crippen molar-refractivity contribution in [1.29, 1.82) is 5.26 Å². The fraction of sp³-hybridized carbons (Fsp3) is 0.310. The second kappa shape index (κ2) is 10.5. The lowest BCUT2D eigenvalue weighted by Gasteiger charge is -2.44. The van der Waals surface area contributed by atoms with Gasteiger partial charge in [0.1, 0.15) is 24.2 Å². The summed E-state index contributed by atoms with van der Waals surface area (Å²) in [6.07, 6.45) is -0.652. The van der Waals surface area contributed by atoms with Gasteiger partial charge in [-0.3, -0.25) is 14.5 Å². The molecule has 3 aromatic rings. The van der Waals surface area contributed by atoms with Crippen LogP contribution in [-0.2, 0) is 26.3 Å². The van der Waals surface area contributed by atoms with Gasteiger partial charge < -0.3 is 10.1 Å². The Bertz CT molecular complexity index is 1690. The number of aryl methyl sites for hydroxylation is 1. The molecular formula is C29H22ClF3N6O4. The molecule has 14 heteroatoms. The lowest BCUT2D eigenvalue weighted by Crippen LogP contribution is -2.64. The largest absolute Gasteiger partial charge is 0.446 e. The Morgan fingerprint density at radius 1 is 1.19 bits per heavy atom. The Labute approximate surface area is 248 Å². The number of nitrogens with one attached hydrogen (secondary N) is 1. The number of ether oxygens (including phenoxy) is 1. The molecule has 3 amide bonds. The summed E-state index contributed by atoms with van der Waals surface area (Å²) in [4.78, 5) is 51.9. The number of rotatable bonds is 6. The first-order chi connectivity index (χ1) is 20.5. The molecule has 3 aliphatic rings. The number of aromatic nitrogens is 2. The summed E-state index contributed by atoms with van der Waals surface area (Å²) in [6.45, 7) is -0.481. The summed E-state index contributed by atoms with van der Waals surface area (Å²) < 4.78 is 47.4. The number of carbonyl (C=O) groups is 3. The monoisotopic (exact) mass is 610 g/mol. The molecule has 1 aromatic heterocycles. The molecule has 0 bridgehead atoms. The predicted octanol–water partition coefficient (Wildman–Crippen LogP) is 4.25. The number of hydrogen-bond acceptors (Lipinski definition) is 7. The molecule has 1 N–H and O–H groups in total. The van der Waals surface area contributed by atoms with Crippen LogP contribution in [0.5, 0.6) is 0 Å². The molecule has 1 aliphatic heterocycles. The number of nitriles is 1. The second-order valence-corrected chi connectivity index (χ2v) is 10.9. The number of benzene rings is 2. The first kappa shape index (κ1) is 28.4. The lowest BCUT2D eigenvalue weighted by atomic mass is 9.83. The van der Waals surface area contributed by atoms with E-state index in [1.807, 2.05) is 6.07 Å². The van der Waals surface area contributed by atoms with Gasteiger partial charge in [0.2, 0.25) is 5.95 Å². The normalized spacial score (nSPS) is 22.3. The number of anilines is 2. The molecule has 10 nitrogen and oxygen atoms in total. The fourth-order valence-corrected chi connectivity index (χ4v) is 6.30. The van der Waals surface area contributed by atoms with Crippen LogP contribution in [0.15, 0.2) is 54.7 Å². The molecule has 2 aromatic carbocycles. The maximum Gasteiger partial charge on any atom is 0.417 e. The fourth-order valence-electron chi connectivity index (χ4n) is 5.95. The van der Waals surface area contributed by atoms with Crippen molar-refractivity contribution < 1.29 is 32.3 Å². The molecular weight excluding hydrogens is 589 g/mol. The predicted molar refractivity (Wildman–Crippen MR) is 146 cm³/mol. The van der Waals surface area contributed by atoms with Crippen molar-refractivity contribution in [2.75, 3.05) is 16.4 Å². The van der Waals surface area contributed by atoms with Gasteiger partial charge in [-0.2, -0.15) is 5.26 Å². The molecule has 0 unspecified atom stereocenters.